The van der Waals surface area contributed by atoms with Crippen molar-refractivity contribution in [3.63, 3.8) is 0 Å². The Bertz CT molecular complexity index is 1230. The van der Waals surface area contributed by atoms with Crippen LogP contribution in [-0.4, -0.2) is 49.4 Å². The van der Waals surface area contributed by atoms with E-state index in [0.29, 0.717) is 11.4 Å². The van der Waals surface area contributed by atoms with Crippen molar-refractivity contribution in [3.05, 3.63) is 77.5 Å². The van der Waals surface area contributed by atoms with E-state index in [1.165, 1.54) is 5.56 Å². The smallest absolute Gasteiger partial charge is 0.211 e. The molecule has 0 bridgehead atoms. The fourth-order valence-corrected chi connectivity index (χ4v) is 4.41. The van der Waals surface area contributed by atoms with Gasteiger partial charge in [0.25, 0.3) is 0 Å². The van der Waals surface area contributed by atoms with Gasteiger partial charge >= 0.3 is 0 Å². The number of aliphatic imine (C=N–C) groups is 1. The third-order valence-corrected chi connectivity index (χ3v) is 6.02. The highest BCUT2D eigenvalue weighted by atomic mass is 19.1. The molecule has 0 spiro atoms. The van der Waals surface area contributed by atoms with Crippen LogP contribution in [0.2, 0.25) is 0 Å². The van der Waals surface area contributed by atoms with Crippen LogP contribution in [0.15, 0.2) is 76.9 Å². The van der Waals surface area contributed by atoms with Crippen molar-refractivity contribution in [1.29, 1.82) is 0 Å². The number of hydrogen-bond donors (Lipinski definition) is 1. The normalized spacial score (nSPS) is 18.1. The number of fused-ring (bicyclic) bond motifs is 1. The Morgan fingerprint density at radius 2 is 1.81 bits per heavy atom. The maximum atomic E-state index is 14.6. The summed E-state index contributed by atoms with van der Waals surface area (Å²) >= 11 is 0. The Hall–Kier alpha value is -3.81. The molecule has 3 heterocycles. The van der Waals surface area contributed by atoms with Crippen molar-refractivity contribution in [2.24, 2.45) is 4.99 Å². The lowest BCUT2D eigenvalue weighted by Crippen LogP contribution is -2.46. The number of aromatic amines is 1. The monoisotopic (exact) mass is 429 g/mol. The molecule has 0 saturated carbocycles. The van der Waals surface area contributed by atoms with Gasteiger partial charge in [0.05, 0.1) is 6.04 Å². The number of nitrogens with zero attached hydrogens (tertiary/aromatic N) is 6. The average molecular weight is 430 g/mol. The van der Waals surface area contributed by atoms with Gasteiger partial charge in [-0.3, -0.25) is 10.0 Å². The minimum atomic E-state index is -0.236. The molecule has 1 atom stereocenters. The van der Waals surface area contributed by atoms with E-state index in [1.807, 2.05) is 29.3 Å². The van der Waals surface area contributed by atoms with Crippen molar-refractivity contribution in [3.8, 4) is 22.5 Å². The van der Waals surface area contributed by atoms with E-state index in [0.717, 1.165) is 41.1 Å². The molecule has 3 aromatic rings. The second kappa shape index (κ2) is 8.03. The molecule has 5 rings (SSSR count). The minimum Gasteiger partial charge on any atom is -0.261 e. The summed E-state index contributed by atoms with van der Waals surface area (Å²) in [6, 6.07) is 16.5. The molecule has 0 radical (unpaired) electrons. The Balaban J connectivity index is 1.42. The van der Waals surface area contributed by atoms with Crippen LogP contribution < -0.4 is 0 Å². The van der Waals surface area contributed by atoms with Gasteiger partial charge in [0.15, 0.2) is 0 Å². The Morgan fingerprint density at radius 3 is 2.50 bits per heavy atom. The van der Waals surface area contributed by atoms with Crippen molar-refractivity contribution < 1.29 is 4.39 Å². The molecule has 162 valence electrons. The third kappa shape index (κ3) is 3.37. The maximum Gasteiger partial charge on any atom is 0.211 e. The average Bonchev–Trinajstić information content (AvgIpc) is 3.46. The number of hydrazine groups is 1. The second-order valence-electron chi connectivity index (χ2n) is 8.00. The number of hydrogen-bond acceptors (Lipinski definition) is 6. The fraction of sp³-hybridized carbons (Fsp3) is 0.250. The van der Waals surface area contributed by atoms with Gasteiger partial charge in [-0.2, -0.15) is 9.60 Å². The van der Waals surface area contributed by atoms with E-state index in [1.54, 1.807) is 19.0 Å². The Labute approximate surface area is 185 Å². The molecular formula is C24H24FN7. The van der Waals surface area contributed by atoms with Crippen LogP contribution in [0.5, 0.6) is 0 Å². The summed E-state index contributed by atoms with van der Waals surface area (Å²) in [5.74, 6) is 1.14. The maximum absolute atomic E-state index is 14.6. The van der Waals surface area contributed by atoms with E-state index in [9.17, 15) is 4.39 Å². The van der Waals surface area contributed by atoms with Crippen LogP contribution in [0.4, 0.5) is 4.39 Å². The molecular weight excluding hydrogens is 405 g/mol. The van der Waals surface area contributed by atoms with Gasteiger partial charge in [-0.1, -0.05) is 55.5 Å². The number of H-pyrrole nitrogens is 1. The molecule has 2 aliphatic heterocycles. The number of aromatic nitrogens is 4. The minimum absolute atomic E-state index is 0.00688. The zero-order valence-electron chi connectivity index (χ0n) is 18.2. The van der Waals surface area contributed by atoms with Crippen LogP contribution in [0.25, 0.3) is 22.5 Å². The van der Waals surface area contributed by atoms with Crippen molar-refractivity contribution in [2.75, 3.05) is 7.05 Å². The number of halogens is 1. The van der Waals surface area contributed by atoms with Gasteiger partial charge in [0, 0.05) is 30.3 Å². The van der Waals surface area contributed by atoms with E-state index in [4.69, 9.17) is 4.99 Å². The summed E-state index contributed by atoms with van der Waals surface area (Å²) < 4.78 is 14.6. The van der Waals surface area contributed by atoms with E-state index >= 15 is 0 Å². The summed E-state index contributed by atoms with van der Waals surface area (Å²) in [6.07, 6.45) is 3.39. The topological polar surface area (TPSA) is 73.3 Å². The van der Waals surface area contributed by atoms with Gasteiger partial charge in [0.2, 0.25) is 11.8 Å². The number of benzene rings is 2. The summed E-state index contributed by atoms with van der Waals surface area (Å²) in [4.78, 5) is 4.79. The van der Waals surface area contributed by atoms with Gasteiger partial charge in [0.1, 0.15) is 5.82 Å². The lowest BCUT2D eigenvalue weighted by atomic mass is 9.95. The van der Waals surface area contributed by atoms with Crippen LogP contribution in [0.3, 0.4) is 0 Å². The first-order valence-corrected chi connectivity index (χ1v) is 10.7. The van der Waals surface area contributed by atoms with Gasteiger partial charge < -0.3 is 0 Å². The van der Waals surface area contributed by atoms with Gasteiger partial charge in [-0.25, -0.2) is 4.99 Å². The summed E-state index contributed by atoms with van der Waals surface area (Å²) in [7, 11) is 1.75. The zero-order chi connectivity index (χ0) is 22.2. The highest BCUT2D eigenvalue weighted by molar-refractivity contribution is 5.92. The number of tetrazole rings is 1. The van der Waals surface area contributed by atoms with Gasteiger partial charge in [-0.05, 0) is 41.3 Å². The van der Waals surface area contributed by atoms with Gasteiger partial charge in [-0.15, -0.1) is 10.2 Å². The predicted molar refractivity (Wildman–Crippen MR) is 122 cm³/mol. The molecule has 0 saturated heterocycles. The molecule has 2 aromatic carbocycles. The number of allylic oxidation sites excluding steroid dienone is 2. The van der Waals surface area contributed by atoms with Crippen LogP contribution >= 0.6 is 0 Å². The quantitative estimate of drug-likeness (QED) is 0.604. The largest absolute Gasteiger partial charge is 0.261 e. The van der Waals surface area contributed by atoms with Crippen molar-refractivity contribution in [1.82, 2.24) is 30.6 Å². The predicted octanol–water partition coefficient (Wildman–Crippen LogP) is 4.51. The van der Waals surface area contributed by atoms with Crippen LogP contribution in [0.1, 0.15) is 25.8 Å². The van der Waals surface area contributed by atoms with Crippen molar-refractivity contribution >= 4 is 5.71 Å². The molecule has 7 nitrogen and oxygen atoms in total. The highest BCUT2D eigenvalue weighted by Crippen LogP contribution is 2.35. The molecule has 1 aromatic heterocycles. The molecule has 0 amide bonds. The van der Waals surface area contributed by atoms with Crippen molar-refractivity contribution in [2.45, 2.75) is 32.7 Å². The SMILES string of the molecule is CCC1=NC2=CC(C)=C(F)N(C)N2C1Cc1ccc(-c2ccccc2-c2nn[nH]n2)cc1. The van der Waals surface area contributed by atoms with E-state index < -0.39 is 0 Å². The third-order valence-electron chi connectivity index (χ3n) is 6.02. The number of nitrogens with one attached hydrogen (secondary N) is 1. The highest BCUT2D eigenvalue weighted by Gasteiger charge is 2.37. The lowest BCUT2D eigenvalue weighted by molar-refractivity contribution is 0.0281. The standard InChI is InChI=1S/C24H24FN7/c1-4-20-21(32-22(26-20)13-15(2)23(25)31(32)3)14-16-9-11-17(12-10-16)18-7-5-6-8-19(18)24-27-29-30-28-24/h5-13,21H,4,14H2,1-3H3,(H,27,28,29,30). The first-order chi connectivity index (χ1) is 15.6. The summed E-state index contributed by atoms with van der Waals surface area (Å²) in [5.41, 5.74) is 5.87. The van der Waals surface area contributed by atoms with Crippen LogP contribution in [-0.2, 0) is 6.42 Å². The fourth-order valence-electron chi connectivity index (χ4n) is 4.41. The van der Waals surface area contributed by atoms with E-state index in [-0.39, 0.29) is 12.0 Å². The molecule has 8 heteroatoms. The summed E-state index contributed by atoms with van der Waals surface area (Å²) in [5, 5.41) is 18.0. The first kappa shape index (κ1) is 20.1. The molecule has 0 aliphatic carbocycles. The summed E-state index contributed by atoms with van der Waals surface area (Å²) in [6.45, 7) is 3.87. The second-order valence-corrected chi connectivity index (χ2v) is 8.00. The molecule has 2 aliphatic rings. The molecule has 1 N–H and O–H groups in total. The Morgan fingerprint density at radius 1 is 1.06 bits per heavy atom. The van der Waals surface area contributed by atoms with Crippen LogP contribution in [0, 0.1) is 0 Å². The zero-order valence-corrected chi connectivity index (χ0v) is 18.2. The Kier molecular flexibility index (Phi) is 5.05. The van der Waals surface area contributed by atoms with E-state index in [2.05, 4.69) is 57.9 Å². The number of rotatable bonds is 5. The molecule has 32 heavy (non-hydrogen) atoms. The lowest BCUT2D eigenvalue weighted by Gasteiger charge is -2.38. The molecule has 1 unspecified atom stereocenters. The first-order valence-electron chi connectivity index (χ1n) is 10.7. The molecule has 0 fully saturated rings.